The first-order valence-corrected chi connectivity index (χ1v) is 11.2. The number of piperazine rings is 1. The number of hydrogen-bond donors (Lipinski definition) is 2. The van der Waals surface area contributed by atoms with Crippen LogP contribution in [0.5, 0.6) is 5.88 Å². The van der Waals surface area contributed by atoms with Crippen molar-refractivity contribution in [2.75, 3.05) is 42.1 Å². The molecule has 0 unspecified atom stereocenters. The van der Waals surface area contributed by atoms with Gasteiger partial charge in [-0.1, -0.05) is 26.0 Å². The summed E-state index contributed by atoms with van der Waals surface area (Å²) < 4.78 is 14.5. The fourth-order valence-corrected chi connectivity index (χ4v) is 3.92. The van der Waals surface area contributed by atoms with Crippen molar-refractivity contribution in [3.05, 3.63) is 47.8 Å². The van der Waals surface area contributed by atoms with E-state index < -0.39 is 0 Å². The lowest BCUT2D eigenvalue weighted by Crippen LogP contribution is -2.50. The molecule has 3 heterocycles. The molecule has 10 nitrogen and oxygen atoms in total. The van der Waals surface area contributed by atoms with E-state index in [1.165, 1.54) is 5.56 Å². The van der Waals surface area contributed by atoms with Crippen molar-refractivity contribution < 1.29 is 9.53 Å². The molecule has 0 atom stereocenters. The van der Waals surface area contributed by atoms with Crippen LogP contribution in [0.15, 0.2) is 36.5 Å². The maximum Gasteiger partial charge on any atom is 0.321 e. The molecule has 0 radical (unpaired) electrons. The van der Waals surface area contributed by atoms with E-state index in [1.807, 2.05) is 23.1 Å². The minimum Gasteiger partial charge on any atom is -0.468 e. The van der Waals surface area contributed by atoms with Crippen molar-refractivity contribution in [2.45, 2.75) is 26.4 Å². The lowest BCUT2D eigenvalue weighted by molar-refractivity contribution is 0.208. The molecule has 0 saturated carbocycles. The summed E-state index contributed by atoms with van der Waals surface area (Å²) in [6.07, 6.45) is 1.59. The molecule has 4 rings (SSSR count). The van der Waals surface area contributed by atoms with E-state index in [-0.39, 0.29) is 18.6 Å². The predicted octanol–water partition coefficient (Wildman–Crippen LogP) is 2.97. The molecule has 11 heteroatoms. The third-order valence-corrected chi connectivity index (χ3v) is 5.70. The summed E-state index contributed by atoms with van der Waals surface area (Å²) in [5.74, 6) is 1.75. The Morgan fingerprint density at radius 3 is 2.78 bits per heavy atom. The molecule has 0 bridgehead atoms. The Kier molecular flexibility index (Phi) is 6.64. The Morgan fingerprint density at radius 2 is 2.03 bits per heavy atom. The first-order chi connectivity index (χ1) is 15.5. The molecule has 0 spiro atoms. The van der Waals surface area contributed by atoms with E-state index in [0.717, 1.165) is 17.4 Å². The molecule has 168 valence electrons. The van der Waals surface area contributed by atoms with Gasteiger partial charge in [0.25, 0.3) is 5.88 Å². The molecule has 0 aliphatic carbocycles. The highest BCUT2D eigenvalue weighted by Crippen LogP contribution is 2.27. The number of nitrogens with zero attached hydrogens (tertiary/aromatic N) is 6. The average Bonchev–Trinajstić information content (AvgIpc) is 3.27. The minimum atomic E-state index is -0.0974. The Morgan fingerprint density at radius 1 is 1.22 bits per heavy atom. The number of hydrogen-bond acceptors (Lipinski definition) is 9. The summed E-state index contributed by atoms with van der Waals surface area (Å²) in [5.41, 5.74) is 8.29. The molecular formula is C21H26N8O2S. The number of nitrogens with one attached hydrogen (secondary N) is 1. The lowest BCUT2D eigenvalue weighted by atomic mass is 10.0. The van der Waals surface area contributed by atoms with Gasteiger partial charge >= 0.3 is 6.03 Å². The molecule has 32 heavy (non-hydrogen) atoms. The first-order valence-electron chi connectivity index (χ1n) is 10.4. The molecule has 1 aliphatic heterocycles. The van der Waals surface area contributed by atoms with Crippen LogP contribution in [0.2, 0.25) is 0 Å². The van der Waals surface area contributed by atoms with Crippen LogP contribution in [-0.2, 0) is 6.61 Å². The lowest BCUT2D eigenvalue weighted by Gasteiger charge is -2.34. The van der Waals surface area contributed by atoms with Crippen LogP contribution in [-0.4, -0.2) is 55.8 Å². The van der Waals surface area contributed by atoms with Gasteiger partial charge in [-0.05, 0) is 29.7 Å². The number of carbonyl (C=O) groups excluding carboxylic acids is 1. The second-order valence-electron chi connectivity index (χ2n) is 7.77. The van der Waals surface area contributed by atoms with Gasteiger partial charge in [0.15, 0.2) is 0 Å². The largest absolute Gasteiger partial charge is 0.468 e. The van der Waals surface area contributed by atoms with Gasteiger partial charge in [0.05, 0.1) is 17.4 Å². The number of anilines is 3. The van der Waals surface area contributed by atoms with E-state index in [9.17, 15) is 4.79 Å². The minimum absolute atomic E-state index is 0.0974. The van der Waals surface area contributed by atoms with Crippen molar-refractivity contribution in [1.29, 1.82) is 0 Å². The highest BCUT2D eigenvalue weighted by Gasteiger charge is 2.25. The van der Waals surface area contributed by atoms with Crippen LogP contribution in [0, 0.1) is 0 Å². The van der Waals surface area contributed by atoms with Crippen molar-refractivity contribution >= 4 is 35.2 Å². The van der Waals surface area contributed by atoms with Crippen molar-refractivity contribution in [3.63, 3.8) is 0 Å². The molecule has 2 amide bonds. The highest BCUT2D eigenvalue weighted by atomic mass is 32.1. The smallest absolute Gasteiger partial charge is 0.321 e. The Hall–Kier alpha value is -3.47. The van der Waals surface area contributed by atoms with Crippen LogP contribution in [0.3, 0.4) is 0 Å². The summed E-state index contributed by atoms with van der Waals surface area (Å²) in [4.78, 5) is 24.6. The molecule has 2 aromatic heterocycles. The van der Waals surface area contributed by atoms with E-state index in [1.54, 1.807) is 12.3 Å². The molecule has 1 fully saturated rings. The van der Waals surface area contributed by atoms with Crippen LogP contribution < -0.4 is 20.7 Å². The molecular weight excluding hydrogens is 428 g/mol. The second-order valence-corrected chi connectivity index (χ2v) is 8.30. The molecule has 3 aromatic rings. The Bertz CT molecular complexity index is 1070. The molecule has 1 aromatic carbocycles. The van der Waals surface area contributed by atoms with Crippen molar-refractivity contribution in [2.24, 2.45) is 0 Å². The van der Waals surface area contributed by atoms with E-state index in [0.29, 0.717) is 49.5 Å². The summed E-state index contributed by atoms with van der Waals surface area (Å²) in [7, 11) is 0. The van der Waals surface area contributed by atoms with Crippen LogP contribution in [0.4, 0.5) is 22.2 Å². The number of carbonyl (C=O) groups is 1. The van der Waals surface area contributed by atoms with Gasteiger partial charge in [-0.25, -0.2) is 14.8 Å². The number of nitrogen functional groups attached to an aromatic ring is 1. The monoisotopic (exact) mass is 454 g/mol. The maximum absolute atomic E-state index is 12.7. The van der Waals surface area contributed by atoms with E-state index in [4.69, 9.17) is 10.5 Å². The van der Waals surface area contributed by atoms with Crippen LogP contribution in [0.1, 0.15) is 31.0 Å². The summed E-state index contributed by atoms with van der Waals surface area (Å²) in [5, 5.41) is 3.01. The fourth-order valence-electron chi connectivity index (χ4n) is 3.39. The maximum atomic E-state index is 12.7. The second kappa shape index (κ2) is 9.77. The summed E-state index contributed by atoms with van der Waals surface area (Å²) >= 11 is 1.09. The van der Waals surface area contributed by atoms with Gasteiger partial charge in [-0.3, -0.25) is 0 Å². The number of ether oxygens (including phenoxy) is 1. The zero-order valence-electron chi connectivity index (χ0n) is 18.1. The predicted molar refractivity (Wildman–Crippen MR) is 124 cm³/mol. The number of benzene rings is 1. The number of urea groups is 1. The quantitative estimate of drug-likeness (QED) is 0.583. The standard InChI is InChI=1S/C21H26N8O2S/c1-14(2)15-4-3-5-16(12-15)25-21(30)29-10-8-28(9-11-29)18-19(27-32-26-18)31-13-17-6-7-23-20(22)24-17/h3-7,12,14H,8-11,13H2,1-2H3,(H,25,30)(H2,22,23,24). The van der Waals surface area contributed by atoms with Gasteiger partial charge in [0.1, 0.15) is 6.61 Å². The van der Waals surface area contributed by atoms with Gasteiger partial charge < -0.3 is 25.6 Å². The topological polar surface area (TPSA) is 122 Å². The number of aromatic nitrogens is 4. The Labute approximate surface area is 190 Å². The average molecular weight is 455 g/mol. The number of nitrogens with two attached hydrogens (primary N) is 1. The van der Waals surface area contributed by atoms with Crippen LogP contribution >= 0.6 is 11.7 Å². The number of rotatable bonds is 6. The van der Waals surface area contributed by atoms with E-state index >= 15 is 0 Å². The fraction of sp³-hybridized carbons (Fsp3) is 0.381. The number of amides is 2. The van der Waals surface area contributed by atoms with Crippen molar-refractivity contribution in [3.8, 4) is 5.88 Å². The third-order valence-electron chi connectivity index (χ3n) is 5.20. The van der Waals surface area contributed by atoms with Gasteiger partial charge in [-0.15, -0.1) is 4.37 Å². The Balaban J connectivity index is 1.32. The van der Waals surface area contributed by atoms with Gasteiger partial charge in [0, 0.05) is 38.1 Å². The van der Waals surface area contributed by atoms with Gasteiger partial charge in [-0.2, -0.15) is 4.37 Å². The third kappa shape index (κ3) is 5.22. The first kappa shape index (κ1) is 21.8. The molecule has 1 saturated heterocycles. The highest BCUT2D eigenvalue weighted by molar-refractivity contribution is 6.99. The normalized spacial score (nSPS) is 14.0. The van der Waals surface area contributed by atoms with E-state index in [2.05, 4.69) is 48.8 Å². The zero-order valence-corrected chi connectivity index (χ0v) is 18.9. The molecule has 3 N–H and O–H groups in total. The van der Waals surface area contributed by atoms with Crippen molar-refractivity contribution in [1.82, 2.24) is 23.6 Å². The zero-order chi connectivity index (χ0) is 22.5. The SMILES string of the molecule is CC(C)c1cccc(NC(=O)N2CCN(c3nsnc3OCc3ccnc(N)n3)CC2)c1. The van der Waals surface area contributed by atoms with Gasteiger partial charge in [0.2, 0.25) is 11.8 Å². The summed E-state index contributed by atoms with van der Waals surface area (Å²) in [6.45, 7) is 6.93. The summed E-state index contributed by atoms with van der Waals surface area (Å²) in [6, 6.07) is 9.62. The molecule has 1 aliphatic rings. The van der Waals surface area contributed by atoms with Crippen LogP contribution in [0.25, 0.3) is 0 Å².